The maximum Gasteiger partial charge on any atom is 0.237 e. The van der Waals surface area contributed by atoms with Crippen LogP contribution in [0.15, 0.2) is 30.3 Å². The Morgan fingerprint density at radius 3 is 2.15 bits per heavy atom. The van der Waals surface area contributed by atoms with Crippen LogP contribution in [0.3, 0.4) is 0 Å². The van der Waals surface area contributed by atoms with Gasteiger partial charge in [-0.05, 0) is 38.2 Å². The first-order chi connectivity index (χ1) is 9.41. The second kappa shape index (κ2) is 8.05. The zero-order valence-electron chi connectivity index (χ0n) is 13.3. The van der Waals surface area contributed by atoms with E-state index in [1.165, 1.54) is 5.56 Å². The van der Waals surface area contributed by atoms with Crippen molar-refractivity contribution >= 4 is 5.91 Å². The summed E-state index contributed by atoms with van der Waals surface area (Å²) in [6.07, 6.45) is 0. The fraction of sp³-hybridized carbons (Fsp3) is 0.588. The zero-order chi connectivity index (χ0) is 15.1. The minimum Gasteiger partial charge on any atom is -0.353 e. The molecule has 2 unspecified atom stereocenters. The molecule has 1 amide bonds. The molecule has 0 aliphatic heterocycles. The molecule has 2 atom stereocenters. The highest BCUT2D eigenvalue weighted by Crippen LogP contribution is 2.23. The van der Waals surface area contributed by atoms with Gasteiger partial charge < -0.3 is 10.6 Å². The number of amides is 1. The van der Waals surface area contributed by atoms with Crippen LogP contribution in [0.1, 0.15) is 46.1 Å². The zero-order valence-corrected chi connectivity index (χ0v) is 13.3. The van der Waals surface area contributed by atoms with Gasteiger partial charge in [-0.3, -0.25) is 4.79 Å². The normalized spacial score (nSPS) is 14.3. The molecule has 0 radical (unpaired) electrons. The van der Waals surface area contributed by atoms with Gasteiger partial charge in [0.15, 0.2) is 0 Å². The largest absolute Gasteiger partial charge is 0.353 e. The minimum absolute atomic E-state index is 0.0653. The third-order valence-corrected chi connectivity index (χ3v) is 3.50. The topological polar surface area (TPSA) is 41.1 Å². The number of carbonyl (C=O) groups is 1. The highest BCUT2D eigenvalue weighted by Gasteiger charge is 2.19. The molecule has 0 aliphatic carbocycles. The third kappa shape index (κ3) is 5.33. The summed E-state index contributed by atoms with van der Waals surface area (Å²) in [5.74, 6) is 1.02. The van der Waals surface area contributed by atoms with E-state index in [1.54, 1.807) is 0 Å². The van der Waals surface area contributed by atoms with E-state index < -0.39 is 0 Å². The van der Waals surface area contributed by atoms with Crippen LogP contribution in [0.5, 0.6) is 0 Å². The molecule has 0 spiro atoms. The van der Waals surface area contributed by atoms with E-state index >= 15 is 0 Å². The molecular weight excluding hydrogens is 248 g/mol. The molecule has 3 heteroatoms. The van der Waals surface area contributed by atoms with E-state index in [0.29, 0.717) is 11.8 Å². The SMILES string of the molecule is CC(C)NC(=O)C(C)NCC(c1ccccc1)C(C)C. The highest BCUT2D eigenvalue weighted by molar-refractivity contribution is 5.81. The molecule has 1 aromatic carbocycles. The maximum absolute atomic E-state index is 11.9. The highest BCUT2D eigenvalue weighted by atomic mass is 16.2. The van der Waals surface area contributed by atoms with Crippen LogP contribution in [-0.4, -0.2) is 24.5 Å². The first-order valence-electron chi connectivity index (χ1n) is 7.50. The molecule has 0 bridgehead atoms. The Hall–Kier alpha value is -1.35. The Bertz CT molecular complexity index is 401. The summed E-state index contributed by atoms with van der Waals surface area (Å²) < 4.78 is 0. The summed E-state index contributed by atoms with van der Waals surface area (Å²) in [4.78, 5) is 11.9. The Kier molecular flexibility index (Phi) is 6.73. The van der Waals surface area contributed by atoms with Crippen molar-refractivity contribution in [3.05, 3.63) is 35.9 Å². The van der Waals surface area contributed by atoms with E-state index in [9.17, 15) is 4.79 Å². The lowest BCUT2D eigenvalue weighted by atomic mass is 9.88. The van der Waals surface area contributed by atoms with Crippen LogP contribution in [0.2, 0.25) is 0 Å². The Balaban J connectivity index is 2.58. The van der Waals surface area contributed by atoms with Crippen molar-refractivity contribution < 1.29 is 4.79 Å². The average molecular weight is 276 g/mol. The first-order valence-corrected chi connectivity index (χ1v) is 7.50. The predicted molar refractivity (Wildman–Crippen MR) is 84.8 cm³/mol. The molecule has 3 nitrogen and oxygen atoms in total. The molecular formula is C17H28N2O. The fourth-order valence-corrected chi connectivity index (χ4v) is 2.24. The molecule has 1 rings (SSSR count). The Morgan fingerprint density at radius 1 is 1.05 bits per heavy atom. The molecule has 0 aliphatic rings. The van der Waals surface area contributed by atoms with E-state index in [1.807, 2.05) is 26.8 Å². The van der Waals surface area contributed by atoms with Crippen LogP contribution in [0.4, 0.5) is 0 Å². The van der Waals surface area contributed by atoms with E-state index in [4.69, 9.17) is 0 Å². The van der Waals surface area contributed by atoms with Gasteiger partial charge in [0.2, 0.25) is 5.91 Å². The smallest absolute Gasteiger partial charge is 0.237 e. The van der Waals surface area contributed by atoms with Crippen molar-refractivity contribution in [1.29, 1.82) is 0 Å². The van der Waals surface area contributed by atoms with Crippen molar-refractivity contribution in [3.63, 3.8) is 0 Å². The molecule has 0 heterocycles. The van der Waals surface area contributed by atoms with E-state index in [-0.39, 0.29) is 18.0 Å². The molecule has 0 aromatic heterocycles. The standard InChI is InChI=1S/C17H28N2O/c1-12(2)16(15-9-7-6-8-10-15)11-18-14(5)17(20)19-13(3)4/h6-10,12-14,16,18H,11H2,1-5H3,(H,19,20). The maximum atomic E-state index is 11.9. The predicted octanol–water partition coefficient (Wildman–Crippen LogP) is 2.93. The summed E-state index contributed by atoms with van der Waals surface area (Å²) >= 11 is 0. The monoisotopic (exact) mass is 276 g/mol. The molecule has 0 fully saturated rings. The number of carbonyl (C=O) groups excluding carboxylic acids is 1. The average Bonchev–Trinajstić information content (AvgIpc) is 2.38. The van der Waals surface area contributed by atoms with E-state index in [2.05, 4.69) is 48.7 Å². The first kappa shape index (κ1) is 16.7. The van der Waals surface area contributed by atoms with Crippen LogP contribution in [0, 0.1) is 5.92 Å². The van der Waals surface area contributed by atoms with Crippen molar-refractivity contribution in [2.24, 2.45) is 5.92 Å². The van der Waals surface area contributed by atoms with Crippen LogP contribution in [0.25, 0.3) is 0 Å². The Labute approximate surface area is 123 Å². The quantitative estimate of drug-likeness (QED) is 0.804. The van der Waals surface area contributed by atoms with Crippen molar-refractivity contribution in [2.75, 3.05) is 6.54 Å². The van der Waals surface area contributed by atoms with Gasteiger partial charge in [-0.25, -0.2) is 0 Å². The van der Waals surface area contributed by atoms with Crippen LogP contribution >= 0.6 is 0 Å². The van der Waals surface area contributed by atoms with Crippen LogP contribution < -0.4 is 10.6 Å². The molecule has 2 N–H and O–H groups in total. The van der Waals surface area contributed by atoms with Gasteiger partial charge in [-0.1, -0.05) is 44.2 Å². The summed E-state index contributed by atoms with van der Waals surface area (Å²) in [7, 11) is 0. The third-order valence-electron chi connectivity index (χ3n) is 3.50. The van der Waals surface area contributed by atoms with Crippen molar-refractivity contribution in [3.8, 4) is 0 Å². The van der Waals surface area contributed by atoms with Crippen LogP contribution in [-0.2, 0) is 4.79 Å². The van der Waals surface area contributed by atoms with Gasteiger partial charge in [0.1, 0.15) is 0 Å². The van der Waals surface area contributed by atoms with Gasteiger partial charge in [0.05, 0.1) is 6.04 Å². The lowest BCUT2D eigenvalue weighted by Crippen LogP contribution is -2.46. The second-order valence-electron chi connectivity index (χ2n) is 6.05. The number of nitrogens with one attached hydrogen (secondary N) is 2. The van der Waals surface area contributed by atoms with Gasteiger partial charge in [0.25, 0.3) is 0 Å². The van der Waals surface area contributed by atoms with Crippen molar-refractivity contribution in [2.45, 2.75) is 52.6 Å². The second-order valence-corrected chi connectivity index (χ2v) is 6.05. The van der Waals surface area contributed by atoms with E-state index in [0.717, 1.165) is 6.54 Å². The van der Waals surface area contributed by atoms with Gasteiger partial charge in [0, 0.05) is 12.6 Å². The van der Waals surface area contributed by atoms with Gasteiger partial charge in [-0.15, -0.1) is 0 Å². The summed E-state index contributed by atoms with van der Waals surface area (Å²) in [5.41, 5.74) is 1.33. The summed E-state index contributed by atoms with van der Waals surface area (Å²) in [5, 5.41) is 6.29. The number of hydrogen-bond donors (Lipinski definition) is 2. The number of rotatable bonds is 7. The fourth-order valence-electron chi connectivity index (χ4n) is 2.24. The van der Waals surface area contributed by atoms with Gasteiger partial charge >= 0.3 is 0 Å². The minimum atomic E-state index is -0.164. The molecule has 0 saturated heterocycles. The van der Waals surface area contributed by atoms with Crippen molar-refractivity contribution in [1.82, 2.24) is 10.6 Å². The Morgan fingerprint density at radius 2 is 1.65 bits per heavy atom. The summed E-state index contributed by atoms with van der Waals surface area (Å²) in [6, 6.07) is 10.5. The lowest BCUT2D eigenvalue weighted by molar-refractivity contribution is -0.123. The summed E-state index contributed by atoms with van der Waals surface area (Å²) in [6.45, 7) is 11.1. The van der Waals surface area contributed by atoms with Gasteiger partial charge in [-0.2, -0.15) is 0 Å². The number of hydrogen-bond acceptors (Lipinski definition) is 2. The number of benzene rings is 1. The molecule has 20 heavy (non-hydrogen) atoms. The molecule has 1 aromatic rings. The lowest BCUT2D eigenvalue weighted by Gasteiger charge is -2.24. The molecule has 112 valence electrons. The molecule has 0 saturated carbocycles.